The summed E-state index contributed by atoms with van der Waals surface area (Å²) in [6.07, 6.45) is 2.34. The molecule has 2 rings (SSSR count). The van der Waals surface area contributed by atoms with Gasteiger partial charge in [0.2, 0.25) is 5.91 Å². The maximum Gasteiger partial charge on any atom is 0.227 e. The van der Waals surface area contributed by atoms with Crippen LogP contribution in [0.3, 0.4) is 0 Å². The highest BCUT2D eigenvalue weighted by atomic mass is 19.1. The van der Waals surface area contributed by atoms with Gasteiger partial charge in [-0.15, -0.1) is 0 Å². The molecule has 20 heavy (non-hydrogen) atoms. The summed E-state index contributed by atoms with van der Waals surface area (Å²) in [5.74, 6) is -0.121. The topological polar surface area (TPSA) is 32.3 Å². The first kappa shape index (κ1) is 15.0. The molecule has 110 valence electrons. The Kier molecular flexibility index (Phi) is 5.12. The lowest BCUT2D eigenvalue weighted by atomic mass is 10.0. The molecule has 0 aliphatic carbocycles. The standard InChI is InChI=1S/C16H23FN2O/c1-3-14-11-19(15(4-2)10-18-14)16(20)9-12-5-7-13(17)8-6-12/h5-8,14-15,18H,3-4,9-11H2,1-2H3. The summed E-state index contributed by atoms with van der Waals surface area (Å²) >= 11 is 0. The van der Waals surface area contributed by atoms with E-state index < -0.39 is 0 Å². The van der Waals surface area contributed by atoms with Crippen LogP contribution in [-0.4, -0.2) is 36.0 Å². The Morgan fingerprint density at radius 2 is 2.00 bits per heavy atom. The molecule has 2 atom stereocenters. The number of halogens is 1. The molecule has 1 N–H and O–H groups in total. The smallest absolute Gasteiger partial charge is 0.227 e. The number of rotatable bonds is 4. The molecule has 0 radical (unpaired) electrons. The highest BCUT2D eigenvalue weighted by Gasteiger charge is 2.29. The molecule has 4 heteroatoms. The first-order valence-electron chi connectivity index (χ1n) is 7.41. The minimum atomic E-state index is -0.263. The highest BCUT2D eigenvalue weighted by molar-refractivity contribution is 5.79. The van der Waals surface area contributed by atoms with E-state index >= 15 is 0 Å². The summed E-state index contributed by atoms with van der Waals surface area (Å²) in [5.41, 5.74) is 0.873. The number of carbonyl (C=O) groups is 1. The Labute approximate surface area is 120 Å². The largest absolute Gasteiger partial charge is 0.337 e. The van der Waals surface area contributed by atoms with E-state index in [1.165, 1.54) is 12.1 Å². The number of benzene rings is 1. The van der Waals surface area contributed by atoms with Crippen molar-refractivity contribution in [3.05, 3.63) is 35.6 Å². The van der Waals surface area contributed by atoms with Crippen LogP contribution in [0.2, 0.25) is 0 Å². The fraction of sp³-hybridized carbons (Fsp3) is 0.562. The van der Waals surface area contributed by atoms with Gasteiger partial charge in [-0.25, -0.2) is 4.39 Å². The third-order valence-corrected chi connectivity index (χ3v) is 4.05. The van der Waals surface area contributed by atoms with E-state index in [-0.39, 0.29) is 17.8 Å². The van der Waals surface area contributed by atoms with Gasteiger partial charge in [0.05, 0.1) is 6.42 Å². The van der Waals surface area contributed by atoms with Crippen molar-refractivity contribution >= 4 is 5.91 Å². The predicted molar refractivity (Wildman–Crippen MR) is 78.0 cm³/mol. The van der Waals surface area contributed by atoms with Crippen molar-refractivity contribution in [1.29, 1.82) is 0 Å². The van der Waals surface area contributed by atoms with Crippen molar-refractivity contribution in [2.75, 3.05) is 13.1 Å². The number of amides is 1. The van der Waals surface area contributed by atoms with Crippen molar-refractivity contribution in [1.82, 2.24) is 10.2 Å². The second-order valence-electron chi connectivity index (χ2n) is 5.42. The molecule has 0 bridgehead atoms. The molecule has 1 fully saturated rings. The molecule has 3 nitrogen and oxygen atoms in total. The van der Waals surface area contributed by atoms with Crippen LogP contribution in [0, 0.1) is 5.82 Å². The minimum Gasteiger partial charge on any atom is -0.337 e. The minimum absolute atomic E-state index is 0.142. The molecule has 1 aromatic rings. The van der Waals surface area contributed by atoms with Crippen molar-refractivity contribution in [2.24, 2.45) is 0 Å². The predicted octanol–water partition coefficient (Wildman–Crippen LogP) is 2.36. The van der Waals surface area contributed by atoms with Gasteiger partial charge in [-0.05, 0) is 30.5 Å². The summed E-state index contributed by atoms with van der Waals surface area (Å²) in [4.78, 5) is 14.5. The van der Waals surface area contributed by atoms with Crippen LogP contribution < -0.4 is 5.32 Å². The van der Waals surface area contributed by atoms with Crippen molar-refractivity contribution in [2.45, 2.75) is 45.2 Å². The Balaban J connectivity index is 2.03. The molecule has 1 saturated heterocycles. The molecule has 0 spiro atoms. The fourth-order valence-electron chi connectivity index (χ4n) is 2.69. The lowest BCUT2D eigenvalue weighted by molar-refractivity contribution is -0.134. The van der Waals surface area contributed by atoms with Crippen LogP contribution in [0.15, 0.2) is 24.3 Å². The zero-order valence-corrected chi connectivity index (χ0v) is 12.2. The lowest BCUT2D eigenvalue weighted by Crippen LogP contribution is -2.58. The third kappa shape index (κ3) is 3.57. The van der Waals surface area contributed by atoms with Gasteiger partial charge >= 0.3 is 0 Å². The second kappa shape index (κ2) is 6.84. The monoisotopic (exact) mass is 278 g/mol. The van der Waals surface area contributed by atoms with Gasteiger partial charge in [0, 0.05) is 25.2 Å². The van der Waals surface area contributed by atoms with Gasteiger partial charge in [-0.1, -0.05) is 26.0 Å². The molecule has 0 aromatic heterocycles. The quantitative estimate of drug-likeness (QED) is 0.917. The van der Waals surface area contributed by atoms with E-state index in [1.807, 2.05) is 4.90 Å². The first-order valence-corrected chi connectivity index (χ1v) is 7.41. The average Bonchev–Trinajstić information content (AvgIpc) is 2.48. The number of nitrogens with one attached hydrogen (secondary N) is 1. The van der Waals surface area contributed by atoms with Gasteiger partial charge in [0.15, 0.2) is 0 Å². The fourth-order valence-corrected chi connectivity index (χ4v) is 2.69. The van der Waals surface area contributed by atoms with Crippen LogP contribution in [0.4, 0.5) is 4.39 Å². The van der Waals surface area contributed by atoms with Crippen LogP contribution >= 0.6 is 0 Å². The zero-order chi connectivity index (χ0) is 14.5. The van der Waals surface area contributed by atoms with E-state index in [1.54, 1.807) is 12.1 Å². The molecule has 0 saturated carbocycles. The lowest BCUT2D eigenvalue weighted by Gasteiger charge is -2.40. The highest BCUT2D eigenvalue weighted by Crippen LogP contribution is 2.14. The van der Waals surface area contributed by atoms with Crippen LogP contribution in [0.1, 0.15) is 32.3 Å². The zero-order valence-electron chi connectivity index (χ0n) is 12.2. The SMILES string of the molecule is CCC1CN(C(=O)Cc2ccc(F)cc2)C(CC)CN1. The average molecular weight is 278 g/mol. The van der Waals surface area contributed by atoms with Crippen molar-refractivity contribution in [3.63, 3.8) is 0 Å². The van der Waals surface area contributed by atoms with E-state index in [4.69, 9.17) is 0 Å². The molecule has 1 aliphatic rings. The summed E-state index contributed by atoms with van der Waals surface area (Å²) in [6.45, 7) is 5.88. The molecular formula is C16H23FN2O. The van der Waals surface area contributed by atoms with E-state index in [2.05, 4.69) is 19.2 Å². The Morgan fingerprint density at radius 1 is 1.30 bits per heavy atom. The van der Waals surface area contributed by atoms with Gasteiger partial charge in [-0.3, -0.25) is 4.79 Å². The normalized spacial score (nSPS) is 22.9. The number of carbonyl (C=O) groups excluding carboxylic acids is 1. The van der Waals surface area contributed by atoms with E-state index in [0.717, 1.165) is 31.5 Å². The summed E-state index contributed by atoms with van der Waals surface area (Å²) in [5, 5.41) is 3.48. The van der Waals surface area contributed by atoms with Crippen LogP contribution in [0.5, 0.6) is 0 Å². The maximum atomic E-state index is 12.9. The van der Waals surface area contributed by atoms with Gasteiger partial charge in [-0.2, -0.15) is 0 Å². The summed E-state index contributed by atoms with van der Waals surface area (Å²) in [7, 11) is 0. The van der Waals surface area contributed by atoms with E-state index in [0.29, 0.717) is 12.5 Å². The molecule has 1 amide bonds. The number of hydrogen-bond donors (Lipinski definition) is 1. The summed E-state index contributed by atoms with van der Waals surface area (Å²) < 4.78 is 12.9. The molecule has 1 aromatic carbocycles. The van der Waals surface area contributed by atoms with Gasteiger partial charge in [0.25, 0.3) is 0 Å². The molecule has 1 aliphatic heterocycles. The van der Waals surface area contributed by atoms with Gasteiger partial charge in [0.1, 0.15) is 5.82 Å². The van der Waals surface area contributed by atoms with Crippen molar-refractivity contribution < 1.29 is 9.18 Å². The third-order valence-electron chi connectivity index (χ3n) is 4.05. The number of hydrogen-bond acceptors (Lipinski definition) is 2. The molecule has 1 heterocycles. The van der Waals surface area contributed by atoms with Crippen LogP contribution in [-0.2, 0) is 11.2 Å². The Bertz CT molecular complexity index is 446. The molecular weight excluding hydrogens is 255 g/mol. The molecule has 2 unspecified atom stereocenters. The maximum absolute atomic E-state index is 12.9. The Hall–Kier alpha value is -1.42. The van der Waals surface area contributed by atoms with Crippen LogP contribution in [0.25, 0.3) is 0 Å². The van der Waals surface area contributed by atoms with Gasteiger partial charge < -0.3 is 10.2 Å². The van der Waals surface area contributed by atoms with Crippen molar-refractivity contribution in [3.8, 4) is 0 Å². The summed E-state index contributed by atoms with van der Waals surface area (Å²) in [6, 6.07) is 6.85. The first-order chi connectivity index (χ1) is 9.63. The Morgan fingerprint density at radius 3 is 2.60 bits per heavy atom. The number of piperazine rings is 1. The second-order valence-corrected chi connectivity index (χ2v) is 5.42. The van der Waals surface area contributed by atoms with E-state index in [9.17, 15) is 9.18 Å². The number of nitrogens with zero attached hydrogens (tertiary/aromatic N) is 1.